The van der Waals surface area contributed by atoms with E-state index in [0.29, 0.717) is 32.4 Å². The van der Waals surface area contributed by atoms with E-state index < -0.39 is 0 Å². The third-order valence-electron chi connectivity index (χ3n) is 3.24. The van der Waals surface area contributed by atoms with Crippen molar-refractivity contribution in [2.24, 2.45) is 0 Å². The molecule has 4 nitrogen and oxygen atoms in total. The Kier molecular flexibility index (Phi) is 7.70. The lowest BCUT2D eigenvalue weighted by atomic mass is 10.2. The number of hydrogen-bond donors (Lipinski definition) is 2. The highest BCUT2D eigenvalue weighted by molar-refractivity contribution is 9.10. The number of rotatable bonds is 5. The van der Waals surface area contributed by atoms with Crippen LogP contribution in [0.5, 0.6) is 5.75 Å². The average Bonchev–Trinajstić information content (AvgIpc) is 2.55. The summed E-state index contributed by atoms with van der Waals surface area (Å²) in [4.78, 5) is 12.3. The van der Waals surface area contributed by atoms with Crippen LogP contribution in [0.15, 0.2) is 40.9 Å². The molecule has 2 aromatic carbocycles. The van der Waals surface area contributed by atoms with Crippen molar-refractivity contribution >= 4 is 62.4 Å². The highest BCUT2D eigenvalue weighted by Gasteiger charge is 2.12. The first kappa shape index (κ1) is 21.0. The molecule has 2 rings (SSSR count). The minimum atomic E-state index is -0.318. The summed E-state index contributed by atoms with van der Waals surface area (Å²) in [6.07, 6.45) is 0.0439. The van der Waals surface area contributed by atoms with Crippen LogP contribution in [0.25, 0.3) is 0 Å². The average molecular weight is 476 g/mol. The van der Waals surface area contributed by atoms with Crippen molar-refractivity contribution in [1.29, 1.82) is 0 Å². The summed E-state index contributed by atoms with van der Waals surface area (Å²) in [7, 11) is 0. The summed E-state index contributed by atoms with van der Waals surface area (Å²) in [5.41, 5.74) is 1.28. The second-order valence-electron chi connectivity index (χ2n) is 5.68. The Morgan fingerprint density at radius 1 is 1.23 bits per heavy atom. The van der Waals surface area contributed by atoms with E-state index >= 15 is 0 Å². The Morgan fingerprint density at radius 2 is 1.96 bits per heavy atom. The summed E-state index contributed by atoms with van der Waals surface area (Å²) < 4.78 is 6.33. The largest absolute Gasteiger partial charge is 0.490 e. The minimum Gasteiger partial charge on any atom is -0.490 e. The normalized spacial score (nSPS) is 10.5. The van der Waals surface area contributed by atoms with Crippen LogP contribution in [0.3, 0.4) is 0 Å². The van der Waals surface area contributed by atoms with Crippen molar-refractivity contribution in [3.63, 3.8) is 0 Å². The Bertz CT molecular complexity index is 831. The minimum absolute atomic E-state index is 0.0439. The number of carbonyl (C=O) groups is 1. The first-order valence-corrected chi connectivity index (χ1v) is 9.71. The fourth-order valence-electron chi connectivity index (χ4n) is 2.05. The van der Waals surface area contributed by atoms with Gasteiger partial charge in [-0.15, -0.1) is 0 Å². The lowest BCUT2D eigenvalue weighted by Crippen LogP contribution is -2.38. The van der Waals surface area contributed by atoms with E-state index in [4.69, 9.17) is 40.2 Å². The standard InChI is InChI=1S/C18H17BrCl2N2O2S/c1-10(2)25-16-6-4-11(7-14(16)19)17(24)23-18(26)22-9-12-3-5-13(20)8-15(12)21/h3-8,10H,9H2,1-2H3,(H2,22,23,24,26). The second kappa shape index (κ2) is 9.55. The van der Waals surface area contributed by atoms with E-state index in [1.165, 1.54) is 0 Å². The van der Waals surface area contributed by atoms with Crippen molar-refractivity contribution in [3.8, 4) is 5.75 Å². The predicted octanol–water partition coefficient (Wildman–Crippen LogP) is 5.35. The summed E-state index contributed by atoms with van der Waals surface area (Å²) in [6, 6.07) is 10.3. The molecule has 0 atom stereocenters. The topological polar surface area (TPSA) is 50.4 Å². The van der Waals surface area contributed by atoms with Gasteiger partial charge in [0.25, 0.3) is 5.91 Å². The van der Waals surface area contributed by atoms with Gasteiger partial charge in [-0.2, -0.15) is 0 Å². The molecule has 26 heavy (non-hydrogen) atoms. The summed E-state index contributed by atoms with van der Waals surface area (Å²) in [5.74, 6) is 0.358. The molecule has 0 spiro atoms. The van der Waals surface area contributed by atoms with Crippen LogP contribution in [0.2, 0.25) is 10.0 Å². The molecule has 8 heteroatoms. The summed E-state index contributed by atoms with van der Waals surface area (Å²) in [6.45, 7) is 4.24. The van der Waals surface area contributed by atoms with Crippen molar-refractivity contribution in [3.05, 3.63) is 62.0 Å². The van der Waals surface area contributed by atoms with Gasteiger partial charge >= 0.3 is 0 Å². The molecule has 0 aromatic heterocycles. The van der Waals surface area contributed by atoms with Gasteiger partial charge in [-0.25, -0.2) is 0 Å². The molecule has 0 bridgehead atoms. The van der Waals surface area contributed by atoms with Crippen LogP contribution in [-0.2, 0) is 6.54 Å². The van der Waals surface area contributed by atoms with Gasteiger partial charge in [0, 0.05) is 22.2 Å². The van der Waals surface area contributed by atoms with Crippen LogP contribution in [-0.4, -0.2) is 17.1 Å². The number of hydrogen-bond acceptors (Lipinski definition) is 3. The maximum atomic E-state index is 12.3. The van der Waals surface area contributed by atoms with Gasteiger partial charge in [-0.05, 0) is 77.9 Å². The highest BCUT2D eigenvalue weighted by atomic mass is 79.9. The lowest BCUT2D eigenvalue weighted by Gasteiger charge is -2.13. The Morgan fingerprint density at radius 3 is 2.58 bits per heavy atom. The Hall–Kier alpha value is -1.34. The predicted molar refractivity (Wildman–Crippen MR) is 113 cm³/mol. The summed E-state index contributed by atoms with van der Waals surface area (Å²) in [5, 5.41) is 6.88. The maximum Gasteiger partial charge on any atom is 0.257 e. The monoisotopic (exact) mass is 474 g/mol. The molecule has 138 valence electrons. The Balaban J connectivity index is 1.94. The first-order valence-electron chi connectivity index (χ1n) is 7.75. The SMILES string of the molecule is CC(C)Oc1ccc(C(=O)NC(=S)NCc2ccc(Cl)cc2Cl)cc1Br. The number of ether oxygens (including phenoxy) is 1. The van der Waals surface area contributed by atoms with Gasteiger partial charge in [-0.3, -0.25) is 10.1 Å². The van der Waals surface area contributed by atoms with Crippen molar-refractivity contribution < 1.29 is 9.53 Å². The van der Waals surface area contributed by atoms with Crippen molar-refractivity contribution in [2.45, 2.75) is 26.5 Å². The molecule has 0 unspecified atom stereocenters. The third kappa shape index (κ3) is 6.13. The quantitative estimate of drug-likeness (QED) is 0.572. The molecule has 0 aliphatic rings. The van der Waals surface area contributed by atoms with E-state index in [9.17, 15) is 4.79 Å². The van der Waals surface area contributed by atoms with E-state index in [2.05, 4.69) is 26.6 Å². The smallest absolute Gasteiger partial charge is 0.257 e. The molecule has 0 heterocycles. The molecule has 0 aliphatic heterocycles. The fraction of sp³-hybridized carbons (Fsp3) is 0.222. The third-order valence-corrected chi connectivity index (χ3v) is 4.69. The van der Waals surface area contributed by atoms with Gasteiger partial charge in [-0.1, -0.05) is 29.3 Å². The number of benzene rings is 2. The summed E-state index contributed by atoms with van der Waals surface area (Å²) >= 11 is 20.5. The number of carbonyl (C=O) groups excluding carboxylic acids is 1. The molecule has 0 saturated carbocycles. The first-order chi connectivity index (χ1) is 12.3. The van der Waals surface area contributed by atoms with E-state index in [1.807, 2.05) is 13.8 Å². The fourth-order valence-corrected chi connectivity index (χ4v) is 3.16. The van der Waals surface area contributed by atoms with E-state index in [1.54, 1.807) is 36.4 Å². The molecule has 0 fully saturated rings. The van der Waals surface area contributed by atoms with Gasteiger partial charge in [0.15, 0.2) is 5.11 Å². The second-order valence-corrected chi connectivity index (χ2v) is 7.79. The van der Waals surface area contributed by atoms with Gasteiger partial charge in [0.2, 0.25) is 0 Å². The van der Waals surface area contributed by atoms with Gasteiger partial charge < -0.3 is 10.1 Å². The molecule has 0 aliphatic carbocycles. The van der Waals surface area contributed by atoms with E-state index in [-0.39, 0.29) is 17.1 Å². The zero-order chi connectivity index (χ0) is 19.3. The molecule has 2 aromatic rings. The van der Waals surface area contributed by atoms with Crippen LogP contribution in [0, 0.1) is 0 Å². The zero-order valence-corrected chi connectivity index (χ0v) is 18.0. The van der Waals surface area contributed by atoms with Crippen LogP contribution in [0.1, 0.15) is 29.8 Å². The zero-order valence-electron chi connectivity index (χ0n) is 14.1. The molecule has 0 saturated heterocycles. The van der Waals surface area contributed by atoms with Crippen molar-refractivity contribution in [2.75, 3.05) is 0 Å². The molecular weight excluding hydrogens is 459 g/mol. The number of halogens is 3. The molecule has 0 radical (unpaired) electrons. The molecule has 2 N–H and O–H groups in total. The molecule has 1 amide bonds. The maximum absolute atomic E-state index is 12.3. The highest BCUT2D eigenvalue weighted by Crippen LogP contribution is 2.27. The van der Waals surface area contributed by atoms with Crippen LogP contribution in [0.4, 0.5) is 0 Å². The Labute approximate surface area is 176 Å². The van der Waals surface area contributed by atoms with Crippen LogP contribution < -0.4 is 15.4 Å². The van der Waals surface area contributed by atoms with Gasteiger partial charge in [0.05, 0.1) is 10.6 Å². The molecular formula is C18H17BrCl2N2O2S. The van der Waals surface area contributed by atoms with Gasteiger partial charge in [0.1, 0.15) is 5.75 Å². The number of amides is 1. The van der Waals surface area contributed by atoms with Crippen molar-refractivity contribution in [1.82, 2.24) is 10.6 Å². The lowest BCUT2D eigenvalue weighted by molar-refractivity contribution is 0.0976. The van der Waals surface area contributed by atoms with Crippen LogP contribution >= 0.6 is 51.3 Å². The number of nitrogens with one attached hydrogen (secondary N) is 2. The van der Waals surface area contributed by atoms with E-state index in [0.717, 1.165) is 5.56 Å². The number of thiocarbonyl (C=S) groups is 1.